The highest BCUT2D eigenvalue weighted by Crippen LogP contribution is 2.35. The number of fused-ring (bicyclic) bond motifs is 2. The van der Waals surface area contributed by atoms with E-state index in [4.69, 9.17) is 9.47 Å². The number of imidazole rings is 1. The second-order valence-corrected chi connectivity index (χ2v) is 7.80. The molecule has 3 aromatic rings. The second-order valence-electron chi connectivity index (χ2n) is 7.80. The summed E-state index contributed by atoms with van der Waals surface area (Å²) >= 11 is 0. The summed E-state index contributed by atoms with van der Waals surface area (Å²) in [6, 6.07) is 10.4. The highest BCUT2D eigenvalue weighted by molar-refractivity contribution is 5.93. The summed E-state index contributed by atoms with van der Waals surface area (Å²) in [6.07, 6.45) is 3.82. The normalized spacial score (nSPS) is 16.7. The van der Waals surface area contributed by atoms with Gasteiger partial charge in [0.15, 0.2) is 11.5 Å². The maximum absolute atomic E-state index is 12.9. The van der Waals surface area contributed by atoms with Crippen molar-refractivity contribution in [3.05, 3.63) is 48.4 Å². The van der Waals surface area contributed by atoms with Gasteiger partial charge < -0.3 is 18.8 Å². The highest BCUT2D eigenvalue weighted by atomic mass is 16.7. The molecule has 0 radical (unpaired) electrons. The summed E-state index contributed by atoms with van der Waals surface area (Å²) < 4.78 is 12.8. The molecule has 4 heterocycles. The minimum absolute atomic E-state index is 0.00161. The summed E-state index contributed by atoms with van der Waals surface area (Å²) in [7, 11) is 0. The minimum atomic E-state index is 0.00161. The minimum Gasteiger partial charge on any atom is -0.454 e. The van der Waals surface area contributed by atoms with E-state index < -0.39 is 0 Å². The van der Waals surface area contributed by atoms with E-state index in [0.717, 1.165) is 54.5 Å². The average molecular weight is 392 g/mol. The lowest BCUT2D eigenvalue weighted by Gasteiger charge is -2.36. The zero-order valence-corrected chi connectivity index (χ0v) is 16.7. The first-order chi connectivity index (χ1) is 14.1. The van der Waals surface area contributed by atoms with Crippen LogP contribution in [0, 0.1) is 0 Å². The number of pyridine rings is 1. The fourth-order valence-electron chi connectivity index (χ4n) is 3.95. The number of nitrogens with zero attached hydrogens (tertiary/aromatic N) is 4. The maximum atomic E-state index is 12.9. The Morgan fingerprint density at radius 3 is 2.52 bits per heavy atom. The first-order valence-corrected chi connectivity index (χ1v) is 10.0. The Hall–Kier alpha value is -3.06. The Morgan fingerprint density at radius 2 is 1.72 bits per heavy atom. The molecule has 0 atom stereocenters. The van der Waals surface area contributed by atoms with E-state index in [1.807, 2.05) is 52.0 Å². The van der Waals surface area contributed by atoms with Crippen molar-refractivity contribution >= 4 is 11.6 Å². The number of hydrogen-bond donors (Lipinski definition) is 0. The molecule has 2 aromatic heterocycles. The van der Waals surface area contributed by atoms with Crippen LogP contribution in [0.3, 0.4) is 0 Å². The largest absolute Gasteiger partial charge is 0.454 e. The van der Waals surface area contributed by atoms with Gasteiger partial charge in [0.25, 0.3) is 5.91 Å². The molecule has 0 bridgehead atoms. The van der Waals surface area contributed by atoms with Gasteiger partial charge in [0.1, 0.15) is 11.3 Å². The molecule has 29 heavy (non-hydrogen) atoms. The topological polar surface area (TPSA) is 59.3 Å². The van der Waals surface area contributed by atoms with Gasteiger partial charge in [-0.05, 0) is 49.2 Å². The predicted octanol–water partition coefficient (Wildman–Crippen LogP) is 2.90. The molecule has 0 unspecified atom stereocenters. The third-order valence-corrected chi connectivity index (χ3v) is 5.71. The Balaban J connectivity index is 1.38. The maximum Gasteiger partial charge on any atom is 0.274 e. The van der Waals surface area contributed by atoms with E-state index in [-0.39, 0.29) is 12.7 Å². The molecule has 1 saturated heterocycles. The molecule has 2 aliphatic heterocycles. The molecule has 1 fully saturated rings. The monoisotopic (exact) mass is 392 g/mol. The van der Waals surface area contributed by atoms with Crippen molar-refractivity contribution in [3.63, 3.8) is 0 Å². The van der Waals surface area contributed by atoms with E-state index in [0.29, 0.717) is 11.7 Å². The highest BCUT2D eigenvalue weighted by Gasteiger charge is 2.25. The van der Waals surface area contributed by atoms with Crippen LogP contribution in [0.25, 0.3) is 16.8 Å². The molecule has 0 N–H and O–H groups in total. The third kappa shape index (κ3) is 3.31. The van der Waals surface area contributed by atoms with Crippen LogP contribution in [-0.2, 0) is 0 Å². The van der Waals surface area contributed by atoms with Crippen molar-refractivity contribution in [1.82, 2.24) is 19.2 Å². The van der Waals surface area contributed by atoms with Crippen LogP contribution in [-0.4, -0.2) is 64.1 Å². The Labute approximate surface area is 169 Å². The van der Waals surface area contributed by atoms with Crippen molar-refractivity contribution in [2.24, 2.45) is 0 Å². The Bertz CT molecular complexity index is 1070. The zero-order chi connectivity index (χ0) is 20.0. The summed E-state index contributed by atoms with van der Waals surface area (Å²) in [5.74, 6) is 1.52. The van der Waals surface area contributed by atoms with Gasteiger partial charge in [0, 0.05) is 44.6 Å². The fourth-order valence-corrected chi connectivity index (χ4v) is 3.95. The molecule has 1 amide bonds. The number of carbonyl (C=O) groups excluding carboxylic acids is 1. The van der Waals surface area contributed by atoms with Gasteiger partial charge in [-0.3, -0.25) is 9.69 Å². The third-order valence-electron chi connectivity index (χ3n) is 5.71. The number of rotatable bonds is 3. The van der Waals surface area contributed by atoms with Crippen LogP contribution in [0.15, 0.2) is 42.7 Å². The molecular formula is C22H24N4O3. The van der Waals surface area contributed by atoms with Gasteiger partial charge in [0.2, 0.25) is 6.79 Å². The lowest BCUT2D eigenvalue weighted by Crippen LogP contribution is -2.50. The summed E-state index contributed by atoms with van der Waals surface area (Å²) in [5, 5.41) is 0. The first-order valence-electron chi connectivity index (χ1n) is 10.0. The number of piperazine rings is 1. The number of hydrogen-bond acceptors (Lipinski definition) is 5. The molecule has 150 valence electrons. The van der Waals surface area contributed by atoms with Gasteiger partial charge in [0.05, 0.1) is 0 Å². The van der Waals surface area contributed by atoms with Crippen molar-refractivity contribution in [2.75, 3.05) is 33.0 Å². The van der Waals surface area contributed by atoms with Crippen molar-refractivity contribution < 1.29 is 14.3 Å². The number of ether oxygens (including phenoxy) is 2. The van der Waals surface area contributed by atoms with Gasteiger partial charge in [-0.1, -0.05) is 6.07 Å². The van der Waals surface area contributed by atoms with Crippen LogP contribution in [0.2, 0.25) is 0 Å². The van der Waals surface area contributed by atoms with Gasteiger partial charge in [-0.15, -0.1) is 0 Å². The standard InChI is InChI=1S/C22H24N4O3/c1-15(2)24-7-9-25(10-8-24)22(27)18-13-26-12-17(4-6-21(26)23-18)16-3-5-19-20(11-16)29-14-28-19/h3-6,11-13,15H,7-10,14H2,1-2H3. The number of benzene rings is 1. The van der Waals surface area contributed by atoms with E-state index >= 15 is 0 Å². The quantitative estimate of drug-likeness (QED) is 0.686. The van der Waals surface area contributed by atoms with Crippen LogP contribution in [0.4, 0.5) is 0 Å². The number of carbonyl (C=O) groups is 1. The van der Waals surface area contributed by atoms with Crippen LogP contribution < -0.4 is 9.47 Å². The van der Waals surface area contributed by atoms with Crippen molar-refractivity contribution in [1.29, 1.82) is 0 Å². The van der Waals surface area contributed by atoms with Crippen molar-refractivity contribution in [2.45, 2.75) is 19.9 Å². The fraction of sp³-hybridized carbons (Fsp3) is 0.364. The van der Waals surface area contributed by atoms with E-state index in [2.05, 4.69) is 23.7 Å². The van der Waals surface area contributed by atoms with Crippen molar-refractivity contribution in [3.8, 4) is 22.6 Å². The molecule has 7 heteroatoms. The summed E-state index contributed by atoms with van der Waals surface area (Å²) in [6.45, 7) is 7.95. The van der Waals surface area contributed by atoms with Crippen LogP contribution in [0.5, 0.6) is 11.5 Å². The SMILES string of the molecule is CC(C)N1CCN(C(=O)c2cn3cc(-c4ccc5c(c4)OCO5)ccc3n2)CC1. The van der Waals surface area contributed by atoms with Gasteiger partial charge >= 0.3 is 0 Å². The zero-order valence-electron chi connectivity index (χ0n) is 16.7. The van der Waals surface area contributed by atoms with E-state index in [9.17, 15) is 4.79 Å². The van der Waals surface area contributed by atoms with Crippen LogP contribution in [0.1, 0.15) is 24.3 Å². The van der Waals surface area contributed by atoms with E-state index in [1.165, 1.54) is 0 Å². The molecule has 1 aromatic carbocycles. The van der Waals surface area contributed by atoms with E-state index in [1.54, 1.807) is 0 Å². The summed E-state index contributed by atoms with van der Waals surface area (Å²) in [4.78, 5) is 21.8. The molecule has 0 spiro atoms. The van der Waals surface area contributed by atoms with Gasteiger partial charge in [-0.2, -0.15) is 0 Å². The lowest BCUT2D eigenvalue weighted by molar-refractivity contribution is 0.0590. The van der Waals surface area contributed by atoms with Crippen LogP contribution >= 0.6 is 0 Å². The Morgan fingerprint density at radius 1 is 0.966 bits per heavy atom. The molecule has 5 rings (SSSR count). The molecule has 0 aliphatic carbocycles. The number of aromatic nitrogens is 2. The predicted molar refractivity (Wildman–Crippen MR) is 109 cm³/mol. The number of amides is 1. The Kier molecular flexibility index (Phi) is 4.39. The summed E-state index contributed by atoms with van der Waals surface area (Å²) in [5.41, 5.74) is 3.31. The van der Waals surface area contributed by atoms with Gasteiger partial charge in [-0.25, -0.2) is 4.98 Å². The smallest absolute Gasteiger partial charge is 0.274 e. The molecular weight excluding hydrogens is 368 g/mol. The lowest BCUT2D eigenvalue weighted by atomic mass is 10.1. The molecule has 7 nitrogen and oxygen atoms in total. The molecule has 0 saturated carbocycles. The second kappa shape index (κ2) is 7.08. The first kappa shape index (κ1) is 18.0. The average Bonchev–Trinajstić information content (AvgIpc) is 3.38. The molecule has 2 aliphatic rings.